The summed E-state index contributed by atoms with van der Waals surface area (Å²) in [6.45, 7) is 4.36. The van der Waals surface area contributed by atoms with Gasteiger partial charge in [-0.1, -0.05) is 91.0 Å². The van der Waals surface area contributed by atoms with Crippen molar-refractivity contribution in [1.82, 2.24) is 4.90 Å². The molecule has 0 spiro atoms. The van der Waals surface area contributed by atoms with E-state index in [0.717, 1.165) is 18.9 Å². The van der Waals surface area contributed by atoms with Crippen LogP contribution in [0.15, 0.2) is 91.0 Å². The Morgan fingerprint density at radius 3 is 1.94 bits per heavy atom. The fraction of sp³-hybridized carbons (Fsp3) is 0.400. The van der Waals surface area contributed by atoms with Crippen molar-refractivity contribution in [2.75, 3.05) is 19.6 Å². The zero-order valence-electron chi connectivity index (χ0n) is 19.0. The minimum atomic E-state index is 0.354. The largest absolute Gasteiger partial charge is 0.374 e. The van der Waals surface area contributed by atoms with Gasteiger partial charge in [-0.2, -0.15) is 0 Å². The summed E-state index contributed by atoms with van der Waals surface area (Å²) >= 11 is 0. The summed E-state index contributed by atoms with van der Waals surface area (Å²) in [6.07, 6.45) is 5.22. The number of ether oxygens (including phenoxy) is 1. The Morgan fingerprint density at radius 1 is 0.688 bits per heavy atom. The molecule has 3 atom stereocenters. The van der Waals surface area contributed by atoms with Gasteiger partial charge in [-0.05, 0) is 73.2 Å². The van der Waals surface area contributed by atoms with Crippen LogP contribution >= 0.6 is 0 Å². The number of benzene rings is 3. The Labute approximate surface area is 193 Å². The number of rotatable bonds is 7. The van der Waals surface area contributed by atoms with E-state index in [0.29, 0.717) is 17.9 Å². The average Bonchev–Trinajstić information content (AvgIpc) is 3.27. The molecule has 0 amide bonds. The van der Waals surface area contributed by atoms with E-state index in [1.54, 1.807) is 0 Å². The van der Waals surface area contributed by atoms with Gasteiger partial charge in [0.1, 0.15) is 0 Å². The third-order valence-electron chi connectivity index (χ3n) is 7.56. The fourth-order valence-corrected chi connectivity index (χ4v) is 5.81. The number of hydrogen-bond acceptors (Lipinski definition) is 2. The molecule has 3 aromatic carbocycles. The van der Waals surface area contributed by atoms with Crippen LogP contribution in [0, 0.1) is 5.92 Å². The van der Waals surface area contributed by atoms with Crippen LogP contribution in [-0.4, -0.2) is 30.6 Å². The molecule has 1 aliphatic carbocycles. The van der Waals surface area contributed by atoms with Gasteiger partial charge in [0.2, 0.25) is 0 Å². The maximum Gasteiger partial charge on any atom is 0.0720 e. The Bertz CT molecular complexity index is 934. The predicted molar refractivity (Wildman–Crippen MR) is 132 cm³/mol. The second-order valence-corrected chi connectivity index (χ2v) is 9.65. The van der Waals surface area contributed by atoms with E-state index < -0.39 is 0 Å². The molecule has 5 rings (SSSR count). The Hall–Kier alpha value is -2.42. The highest BCUT2D eigenvalue weighted by Gasteiger charge is 2.37. The summed E-state index contributed by atoms with van der Waals surface area (Å²) in [5.41, 5.74) is 4.28. The number of hydrogen-bond donors (Lipinski definition) is 0. The lowest BCUT2D eigenvalue weighted by molar-refractivity contribution is 0.0408. The third-order valence-corrected chi connectivity index (χ3v) is 7.56. The van der Waals surface area contributed by atoms with Crippen molar-refractivity contribution < 1.29 is 4.74 Å². The summed E-state index contributed by atoms with van der Waals surface area (Å²) in [6, 6.07) is 32.8. The molecular formula is C30H35NO. The molecular weight excluding hydrogens is 390 g/mol. The first-order chi connectivity index (χ1) is 15.8. The maximum atomic E-state index is 6.42. The van der Waals surface area contributed by atoms with Crippen molar-refractivity contribution >= 4 is 0 Å². The lowest BCUT2D eigenvalue weighted by Gasteiger charge is -2.35. The Balaban J connectivity index is 1.21. The van der Waals surface area contributed by atoms with Crippen molar-refractivity contribution in [3.8, 4) is 0 Å². The Kier molecular flexibility index (Phi) is 7.01. The lowest BCUT2D eigenvalue weighted by Crippen LogP contribution is -2.37. The zero-order chi connectivity index (χ0) is 21.6. The van der Waals surface area contributed by atoms with Crippen LogP contribution < -0.4 is 0 Å². The van der Waals surface area contributed by atoms with Gasteiger partial charge < -0.3 is 9.64 Å². The molecule has 0 bridgehead atoms. The quantitative estimate of drug-likeness (QED) is 0.420. The average molecular weight is 426 g/mol. The minimum Gasteiger partial charge on any atom is -0.374 e. The van der Waals surface area contributed by atoms with Crippen molar-refractivity contribution in [3.63, 3.8) is 0 Å². The predicted octanol–water partition coefficient (Wildman–Crippen LogP) is 6.65. The van der Waals surface area contributed by atoms with Crippen molar-refractivity contribution in [2.45, 2.75) is 50.2 Å². The molecule has 0 N–H and O–H groups in total. The van der Waals surface area contributed by atoms with Gasteiger partial charge in [-0.3, -0.25) is 0 Å². The Morgan fingerprint density at radius 2 is 1.28 bits per heavy atom. The first kappa shape index (κ1) is 21.4. The van der Waals surface area contributed by atoms with E-state index in [2.05, 4.69) is 95.9 Å². The van der Waals surface area contributed by atoms with E-state index in [4.69, 9.17) is 4.74 Å². The summed E-state index contributed by atoms with van der Waals surface area (Å²) in [7, 11) is 0. The molecule has 0 aromatic heterocycles. The number of nitrogens with zero attached hydrogens (tertiary/aromatic N) is 1. The van der Waals surface area contributed by atoms with E-state index >= 15 is 0 Å². The molecule has 3 unspecified atom stereocenters. The molecule has 1 saturated carbocycles. The summed E-state index contributed by atoms with van der Waals surface area (Å²) in [4.78, 5) is 2.72. The van der Waals surface area contributed by atoms with Crippen LogP contribution in [-0.2, 0) is 11.3 Å². The molecule has 32 heavy (non-hydrogen) atoms. The molecule has 1 aliphatic heterocycles. The van der Waals surface area contributed by atoms with Crippen LogP contribution in [0.4, 0.5) is 0 Å². The zero-order valence-corrected chi connectivity index (χ0v) is 19.0. The van der Waals surface area contributed by atoms with Crippen LogP contribution in [0.2, 0.25) is 0 Å². The van der Waals surface area contributed by atoms with Gasteiger partial charge in [0.25, 0.3) is 0 Å². The van der Waals surface area contributed by atoms with Crippen LogP contribution in [0.1, 0.15) is 54.2 Å². The fourth-order valence-electron chi connectivity index (χ4n) is 5.81. The van der Waals surface area contributed by atoms with Crippen LogP contribution in [0.5, 0.6) is 0 Å². The highest BCUT2D eigenvalue weighted by atomic mass is 16.5. The second kappa shape index (κ2) is 10.5. The van der Waals surface area contributed by atoms with Gasteiger partial charge in [0.05, 0.1) is 12.7 Å². The van der Waals surface area contributed by atoms with E-state index in [-0.39, 0.29) is 0 Å². The monoisotopic (exact) mass is 425 g/mol. The van der Waals surface area contributed by atoms with Crippen molar-refractivity contribution in [2.24, 2.45) is 5.92 Å². The van der Waals surface area contributed by atoms with Gasteiger partial charge in [0.15, 0.2) is 0 Å². The SMILES string of the molecule is c1ccc(COC2CC(CN3CCC(c4ccccc4)CC3)C(c3ccccc3)C2)cc1. The second-order valence-electron chi connectivity index (χ2n) is 9.65. The first-order valence-electron chi connectivity index (χ1n) is 12.3. The van der Waals surface area contributed by atoms with Crippen LogP contribution in [0.25, 0.3) is 0 Å². The van der Waals surface area contributed by atoms with Gasteiger partial charge in [0, 0.05) is 6.54 Å². The molecule has 3 aromatic rings. The highest BCUT2D eigenvalue weighted by Crippen LogP contribution is 2.42. The lowest BCUT2D eigenvalue weighted by atomic mass is 9.86. The highest BCUT2D eigenvalue weighted by molar-refractivity contribution is 5.23. The van der Waals surface area contributed by atoms with Gasteiger partial charge in [-0.15, -0.1) is 0 Å². The maximum absolute atomic E-state index is 6.42. The molecule has 2 fully saturated rings. The standard InChI is InChI=1S/C30H35NO/c1-4-10-24(11-5-1)23-32-29-20-28(30(21-29)27-14-8-3-9-15-27)22-31-18-16-26(17-19-31)25-12-6-2-7-13-25/h1-15,26,28-30H,16-23H2. The first-order valence-corrected chi connectivity index (χ1v) is 12.3. The molecule has 2 aliphatic rings. The normalized spacial score (nSPS) is 24.6. The minimum absolute atomic E-state index is 0.354. The van der Waals surface area contributed by atoms with E-state index in [1.807, 2.05) is 0 Å². The van der Waals surface area contributed by atoms with E-state index in [1.165, 1.54) is 55.6 Å². The van der Waals surface area contributed by atoms with Crippen LogP contribution in [0.3, 0.4) is 0 Å². The van der Waals surface area contributed by atoms with Gasteiger partial charge >= 0.3 is 0 Å². The third kappa shape index (κ3) is 5.31. The van der Waals surface area contributed by atoms with Gasteiger partial charge in [-0.25, -0.2) is 0 Å². The summed E-state index contributed by atoms with van der Waals surface area (Å²) in [5, 5.41) is 0. The molecule has 1 saturated heterocycles. The summed E-state index contributed by atoms with van der Waals surface area (Å²) < 4.78 is 6.42. The van der Waals surface area contributed by atoms with Crippen molar-refractivity contribution in [3.05, 3.63) is 108 Å². The smallest absolute Gasteiger partial charge is 0.0720 e. The number of piperidine rings is 1. The molecule has 1 heterocycles. The molecule has 166 valence electrons. The molecule has 2 heteroatoms. The molecule has 2 nitrogen and oxygen atoms in total. The molecule has 0 radical (unpaired) electrons. The summed E-state index contributed by atoms with van der Waals surface area (Å²) in [5.74, 6) is 2.00. The van der Waals surface area contributed by atoms with E-state index in [9.17, 15) is 0 Å². The number of likely N-dealkylation sites (tertiary alicyclic amines) is 1. The topological polar surface area (TPSA) is 12.5 Å². The van der Waals surface area contributed by atoms with Crippen molar-refractivity contribution in [1.29, 1.82) is 0 Å².